The van der Waals surface area contributed by atoms with Gasteiger partial charge in [0.25, 0.3) is 5.91 Å². The van der Waals surface area contributed by atoms with Crippen molar-refractivity contribution in [3.63, 3.8) is 0 Å². The summed E-state index contributed by atoms with van der Waals surface area (Å²) in [5.74, 6) is -1.01. The van der Waals surface area contributed by atoms with Crippen molar-refractivity contribution in [1.82, 2.24) is 14.5 Å². The van der Waals surface area contributed by atoms with E-state index in [1.165, 1.54) is 34.6 Å². The molecule has 1 amide bonds. The van der Waals surface area contributed by atoms with Crippen LogP contribution in [-0.2, 0) is 10.0 Å². The predicted octanol–water partition coefficient (Wildman–Crippen LogP) is 4.11. The number of sulfonamides is 1. The second-order valence-electron chi connectivity index (χ2n) is 6.61. The van der Waals surface area contributed by atoms with E-state index in [1.807, 2.05) is 0 Å². The van der Waals surface area contributed by atoms with Crippen molar-refractivity contribution in [2.24, 2.45) is 0 Å². The third-order valence-electron chi connectivity index (χ3n) is 4.63. The number of hydrogen-bond donors (Lipinski definition) is 1. The zero-order chi connectivity index (χ0) is 21.3. The minimum atomic E-state index is -3.83. The molecule has 7 nitrogen and oxygen atoms in total. The molecule has 11 heteroatoms. The lowest BCUT2D eigenvalue weighted by atomic mass is 10.2. The molecule has 1 atom stereocenters. The minimum absolute atomic E-state index is 0.0344. The van der Waals surface area contributed by atoms with Crippen LogP contribution < -0.4 is 5.32 Å². The van der Waals surface area contributed by atoms with E-state index in [2.05, 4.69) is 15.5 Å². The van der Waals surface area contributed by atoms with Crippen LogP contribution in [0.2, 0.25) is 5.02 Å². The summed E-state index contributed by atoms with van der Waals surface area (Å²) in [6.07, 6.45) is 1.21. The van der Waals surface area contributed by atoms with E-state index >= 15 is 0 Å². The first-order valence-electron chi connectivity index (χ1n) is 9.03. The van der Waals surface area contributed by atoms with Crippen molar-refractivity contribution in [3.05, 3.63) is 69.4 Å². The maximum atomic E-state index is 13.3. The summed E-state index contributed by atoms with van der Waals surface area (Å²) in [5.41, 5.74) is 0.292. The van der Waals surface area contributed by atoms with Crippen LogP contribution >= 0.6 is 22.9 Å². The fourth-order valence-electron chi connectivity index (χ4n) is 3.27. The van der Waals surface area contributed by atoms with Crippen molar-refractivity contribution in [2.45, 2.75) is 23.8 Å². The average molecular weight is 467 g/mol. The number of hydrogen-bond acceptors (Lipinski definition) is 6. The van der Waals surface area contributed by atoms with Crippen molar-refractivity contribution >= 4 is 44.6 Å². The molecule has 1 aliphatic rings. The lowest BCUT2D eigenvalue weighted by Gasteiger charge is -2.22. The first-order chi connectivity index (χ1) is 14.4. The number of aromatic nitrogens is 2. The number of carbonyl (C=O) groups is 1. The molecule has 30 heavy (non-hydrogen) atoms. The van der Waals surface area contributed by atoms with Gasteiger partial charge in [0.15, 0.2) is 0 Å². The summed E-state index contributed by atoms with van der Waals surface area (Å²) >= 11 is 7.12. The molecule has 1 fully saturated rings. The molecular formula is C19H16ClFN4O3S2. The minimum Gasteiger partial charge on any atom is -0.320 e. The standard InChI is InChI=1S/C19H16ClFN4O3S2/c20-14-7-1-2-9-16(14)30(27,28)25-10-4-8-15(25)18-23-24-19(29-18)17(26)22-13-6-3-5-12(21)11-13/h1-3,5-7,9,11,15H,4,8,10H2,(H,22,26)/t15-/m0/s1. The lowest BCUT2D eigenvalue weighted by molar-refractivity contribution is 0.102. The Kier molecular flexibility index (Phi) is 5.83. The van der Waals surface area contributed by atoms with Gasteiger partial charge in [0.2, 0.25) is 15.0 Å². The third kappa shape index (κ3) is 4.08. The molecule has 1 N–H and O–H groups in total. The highest BCUT2D eigenvalue weighted by Crippen LogP contribution is 2.39. The molecule has 0 bridgehead atoms. The summed E-state index contributed by atoms with van der Waals surface area (Å²) in [4.78, 5) is 12.5. The number of rotatable bonds is 5. The zero-order valence-corrected chi connectivity index (χ0v) is 17.8. The summed E-state index contributed by atoms with van der Waals surface area (Å²) < 4.78 is 40.9. The topological polar surface area (TPSA) is 92.3 Å². The smallest absolute Gasteiger partial charge is 0.286 e. The molecule has 1 aromatic heterocycles. The molecule has 1 aliphatic heterocycles. The van der Waals surface area contributed by atoms with E-state index in [1.54, 1.807) is 18.2 Å². The first kappa shape index (κ1) is 20.9. The van der Waals surface area contributed by atoms with Gasteiger partial charge in [-0.2, -0.15) is 4.31 Å². The number of carbonyl (C=O) groups excluding carboxylic acids is 1. The molecule has 4 rings (SSSR count). The summed E-state index contributed by atoms with van der Waals surface area (Å²) in [7, 11) is -3.83. The van der Waals surface area contributed by atoms with Crippen LogP contribution in [0.3, 0.4) is 0 Å². The van der Waals surface area contributed by atoms with E-state index in [9.17, 15) is 17.6 Å². The fourth-order valence-corrected chi connectivity index (χ4v) is 6.38. The van der Waals surface area contributed by atoms with Gasteiger partial charge >= 0.3 is 0 Å². The molecule has 0 aliphatic carbocycles. The maximum absolute atomic E-state index is 13.3. The highest BCUT2D eigenvalue weighted by Gasteiger charge is 2.39. The van der Waals surface area contributed by atoms with Crippen molar-refractivity contribution in [1.29, 1.82) is 0 Å². The van der Waals surface area contributed by atoms with E-state index in [0.717, 1.165) is 11.3 Å². The summed E-state index contributed by atoms with van der Waals surface area (Å²) in [6, 6.07) is 11.2. The van der Waals surface area contributed by atoms with E-state index in [-0.39, 0.29) is 14.9 Å². The SMILES string of the molecule is O=C(Nc1cccc(F)c1)c1nnc([C@@H]2CCCN2S(=O)(=O)c2ccccc2Cl)s1. The molecule has 1 saturated heterocycles. The highest BCUT2D eigenvalue weighted by molar-refractivity contribution is 7.89. The van der Waals surface area contributed by atoms with Crippen LogP contribution in [0.25, 0.3) is 0 Å². The normalized spacial score (nSPS) is 17.2. The number of benzene rings is 2. The third-order valence-corrected chi connectivity index (χ3v) is 8.06. The van der Waals surface area contributed by atoms with Crippen LogP contribution in [0.1, 0.15) is 33.7 Å². The predicted molar refractivity (Wildman–Crippen MR) is 112 cm³/mol. The monoisotopic (exact) mass is 466 g/mol. The molecule has 2 heterocycles. The number of anilines is 1. The molecule has 0 unspecified atom stereocenters. The zero-order valence-electron chi connectivity index (χ0n) is 15.5. The van der Waals surface area contributed by atoms with Gasteiger partial charge < -0.3 is 5.32 Å². The Morgan fingerprint density at radius 1 is 1.20 bits per heavy atom. The number of nitrogens with zero attached hydrogens (tertiary/aromatic N) is 3. The van der Waals surface area contributed by atoms with Gasteiger partial charge in [0, 0.05) is 12.2 Å². The number of amides is 1. The highest BCUT2D eigenvalue weighted by atomic mass is 35.5. The first-order valence-corrected chi connectivity index (χ1v) is 11.7. The Hall–Kier alpha value is -2.40. The quantitative estimate of drug-likeness (QED) is 0.611. The Morgan fingerprint density at radius 2 is 2.00 bits per heavy atom. The Morgan fingerprint density at radius 3 is 2.77 bits per heavy atom. The largest absolute Gasteiger partial charge is 0.320 e. The van der Waals surface area contributed by atoms with Crippen LogP contribution in [0.4, 0.5) is 10.1 Å². The van der Waals surface area contributed by atoms with Crippen molar-refractivity contribution in [3.8, 4) is 0 Å². The van der Waals surface area contributed by atoms with Crippen molar-refractivity contribution in [2.75, 3.05) is 11.9 Å². The number of nitrogens with one attached hydrogen (secondary N) is 1. The van der Waals surface area contributed by atoms with Gasteiger partial charge in [-0.25, -0.2) is 12.8 Å². The Labute approximate surface area is 181 Å². The second kappa shape index (κ2) is 8.38. The van der Waals surface area contributed by atoms with Crippen LogP contribution in [0.5, 0.6) is 0 Å². The molecule has 0 saturated carbocycles. The number of halogens is 2. The fraction of sp³-hybridized carbons (Fsp3) is 0.211. The summed E-state index contributed by atoms with van der Waals surface area (Å²) in [6.45, 7) is 0.322. The summed E-state index contributed by atoms with van der Waals surface area (Å²) in [5, 5.41) is 11.1. The van der Waals surface area contributed by atoms with E-state index in [4.69, 9.17) is 11.6 Å². The van der Waals surface area contributed by atoms with Crippen LogP contribution in [0.15, 0.2) is 53.4 Å². The molecule has 0 spiro atoms. The average Bonchev–Trinajstić information content (AvgIpc) is 3.38. The van der Waals surface area contributed by atoms with Gasteiger partial charge in [-0.1, -0.05) is 41.1 Å². The Balaban J connectivity index is 1.56. The van der Waals surface area contributed by atoms with Crippen LogP contribution in [0, 0.1) is 5.82 Å². The molecule has 2 aromatic carbocycles. The van der Waals surface area contributed by atoms with Gasteiger partial charge in [0.1, 0.15) is 15.7 Å². The molecule has 0 radical (unpaired) electrons. The maximum Gasteiger partial charge on any atom is 0.286 e. The van der Waals surface area contributed by atoms with E-state index < -0.39 is 27.8 Å². The molecule has 156 valence electrons. The molecule has 3 aromatic rings. The van der Waals surface area contributed by atoms with Crippen LogP contribution in [-0.4, -0.2) is 35.4 Å². The van der Waals surface area contributed by atoms with Gasteiger partial charge in [-0.15, -0.1) is 10.2 Å². The van der Waals surface area contributed by atoms with Gasteiger partial charge in [-0.05, 0) is 43.2 Å². The Bertz CT molecular complexity index is 1200. The van der Waals surface area contributed by atoms with Gasteiger partial charge in [-0.3, -0.25) is 4.79 Å². The van der Waals surface area contributed by atoms with Crippen molar-refractivity contribution < 1.29 is 17.6 Å². The molecular weight excluding hydrogens is 451 g/mol. The van der Waals surface area contributed by atoms with Gasteiger partial charge in [0.05, 0.1) is 11.1 Å². The van der Waals surface area contributed by atoms with E-state index in [0.29, 0.717) is 30.1 Å². The second-order valence-corrected chi connectivity index (χ2v) is 9.89. The lowest BCUT2D eigenvalue weighted by Crippen LogP contribution is -2.30.